The van der Waals surface area contributed by atoms with E-state index >= 15 is 0 Å². The lowest BCUT2D eigenvalue weighted by molar-refractivity contribution is 0.980. The van der Waals surface area contributed by atoms with E-state index in [-0.39, 0.29) is 0 Å². The maximum Gasteiger partial charge on any atom is -0.0152 e. The molecule has 0 atom stereocenters. The summed E-state index contributed by atoms with van der Waals surface area (Å²) in [6.45, 7) is 12.2. The van der Waals surface area contributed by atoms with E-state index in [9.17, 15) is 0 Å². The van der Waals surface area contributed by atoms with Crippen molar-refractivity contribution in [2.24, 2.45) is 0 Å². The van der Waals surface area contributed by atoms with Crippen LogP contribution in [0, 0.1) is 0 Å². The van der Waals surface area contributed by atoms with Gasteiger partial charge in [0.2, 0.25) is 0 Å². The Morgan fingerprint density at radius 2 is 1.61 bits per heavy atom. The Hall–Kier alpha value is -1.30. The molecule has 0 bridgehead atoms. The molecule has 0 aromatic heterocycles. The summed E-state index contributed by atoms with van der Waals surface area (Å²) in [4.78, 5) is 0. The molecule has 100 valence electrons. The summed E-state index contributed by atoms with van der Waals surface area (Å²) in [7, 11) is 0. The Labute approximate surface area is 113 Å². The van der Waals surface area contributed by atoms with E-state index in [4.69, 9.17) is 0 Å². The number of hydrogen-bond donors (Lipinski definition) is 0. The molecule has 0 amide bonds. The number of fused-ring (bicyclic) bond motifs is 1. The van der Waals surface area contributed by atoms with Crippen LogP contribution in [0.5, 0.6) is 0 Å². The Bertz CT molecular complexity index is 475. The van der Waals surface area contributed by atoms with Gasteiger partial charge in [-0.25, -0.2) is 0 Å². The third kappa shape index (κ3) is 3.87. The van der Waals surface area contributed by atoms with Crippen molar-refractivity contribution in [3.05, 3.63) is 39.8 Å². The quantitative estimate of drug-likeness (QED) is 0.638. The van der Waals surface area contributed by atoms with Gasteiger partial charge in [-0.2, -0.15) is 0 Å². The highest BCUT2D eigenvalue weighted by atomic mass is 14.1. The topological polar surface area (TPSA) is 0 Å². The monoisotopic (exact) mass is 244 g/mol. The average molecular weight is 244 g/mol. The fourth-order valence-electron chi connectivity index (χ4n) is 2.13. The zero-order chi connectivity index (χ0) is 14.0. The molecule has 2 rings (SSSR count). The van der Waals surface area contributed by atoms with E-state index in [0.29, 0.717) is 0 Å². The van der Waals surface area contributed by atoms with Gasteiger partial charge >= 0.3 is 0 Å². The lowest BCUT2D eigenvalue weighted by atomic mass is 9.94. The lowest BCUT2D eigenvalue weighted by Gasteiger charge is -2.10. The van der Waals surface area contributed by atoms with Gasteiger partial charge in [-0.1, -0.05) is 64.1 Å². The van der Waals surface area contributed by atoms with Crippen LogP contribution < -0.4 is 10.4 Å². The van der Waals surface area contributed by atoms with Crippen molar-refractivity contribution >= 4 is 18.2 Å². The van der Waals surface area contributed by atoms with Gasteiger partial charge in [-0.05, 0) is 48.3 Å². The van der Waals surface area contributed by atoms with Crippen molar-refractivity contribution in [2.75, 3.05) is 0 Å². The third-order valence-electron chi connectivity index (χ3n) is 2.88. The van der Waals surface area contributed by atoms with Gasteiger partial charge in [0.25, 0.3) is 0 Å². The predicted octanol–water partition coefficient (Wildman–Crippen LogP) is 4.30. The Kier molecular flexibility index (Phi) is 9.00. The van der Waals surface area contributed by atoms with Gasteiger partial charge in [0.05, 0.1) is 0 Å². The molecular weight excluding hydrogens is 216 g/mol. The van der Waals surface area contributed by atoms with Crippen LogP contribution in [0.4, 0.5) is 0 Å². The SMILES string of the molecule is C/C=c1/ccc2c(/c1=C/C)C=CCC2.CC.CC. The Morgan fingerprint density at radius 3 is 2.17 bits per heavy atom. The molecule has 0 fully saturated rings. The van der Waals surface area contributed by atoms with Crippen LogP contribution in [0.15, 0.2) is 18.2 Å². The minimum Gasteiger partial charge on any atom is -0.0836 e. The molecule has 0 N–H and O–H groups in total. The fourth-order valence-corrected chi connectivity index (χ4v) is 2.13. The maximum atomic E-state index is 2.27. The van der Waals surface area contributed by atoms with E-state index in [0.717, 1.165) is 0 Å². The van der Waals surface area contributed by atoms with E-state index < -0.39 is 0 Å². The van der Waals surface area contributed by atoms with Crippen LogP contribution in [0.2, 0.25) is 0 Å². The maximum absolute atomic E-state index is 2.27. The van der Waals surface area contributed by atoms with E-state index in [1.165, 1.54) is 34.4 Å². The van der Waals surface area contributed by atoms with Gasteiger partial charge in [0.1, 0.15) is 0 Å². The highest BCUT2D eigenvalue weighted by Crippen LogP contribution is 2.13. The molecule has 0 radical (unpaired) electrons. The standard InChI is InChI=1S/C14H16.2C2H6/c1-3-11-9-10-12-7-5-6-8-14(12)13(11)4-2;2*1-2/h3-4,6,8-10H,5,7H2,1-2H3;2*1-2H3/b11-3-,13-4+;;. The van der Waals surface area contributed by atoms with E-state index in [1.807, 2.05) is 27.7 Å². The second kappa shape index (κ2) is 9.70. The summed E-state index contributed by atoms with van der Waals surface area (Å²) in [5.74, 6) is 0. The van der Waals surface area contributed by atoms with Crippen molar-refractivity contribution in [3.8, 4) is 0 Å². The average Bonchev–Trinajstić information content (AvgIpc) is 2.50. The smallest absolute Gasteiger partial charge is 0.0152 e. The van der Waals surface area contributed by atoms with Crippen LogP contribution in [-0.4, -0.2) is 0 Å². The van der Waals surface area contributed by atoms with Gasteiger partial charge < -0.3 is 0 Å². The summed E-state index contributed by atoms with van der Waals surface area (Å²) >= 11 is 0. The largest absolute Gasteiger partial charge is 0.0836 e. The molecule has 0 saturated carbocycles. The number of benzene rings is 1. The first kappa shape index (κ1) is 16.7. The Morgan fingerprint density at radius 1 is 0.944 bits per heavy atom. The highest BCUT2D eigenvalue weighted by molar-refractivity contribution is 5.59. The fraction of sp³-hybridized carbons (Fsp3) is 0.444. The predicted molar refractivity (Wildman–Crippen MR) is 86.0 cm³/mol. The molecule has 0 spiro atoms. The van der Waals surface area contributed by atoms with Crippen molar-refractivity contribution in [1.82, 2.24) is 0 Å². The molecule has 1 aliphatic rings. The molecule has 0 nitrogen and oxygen atoms in total. The molecule has 1 aromatic rings. The van der Waals surface area contributed by atoms with Gasteiger partial charge in [0.15, 0.2) is 0 Å². The van der Waals surface area contributed by atoms with Crippen molar-refractivity contribution < 1.29 is 0 Å². The summed E-state index contributed by atoms with van der Waals surface area (Å²) in [6, 6.07) is 4.49. The number of hydrogen-bond acceptors (Lipinski definition) is 0. The second-order valence-corrected chi connectivity index (χ2v) is 3.66. The summed E-state index contributed by atoms with van der Waals surface area (Å²) in [6.07, 6.45) is 11.3. The van der Waals surface area contributed by atoms with Crippen LogP contribution in [0.3, 0.4) is 0 Å². The molecule has 0 heteroatoms. The summed E-state index contributed by atoms with van der Waals surface area (Å²) in [5, 5.41) is 2.73. The number of allylic oxidation sites excluding steroid dienone is 1. The molecule has 0 unspecified atom stereocenters. The molecule has 0 saturated heterocycles. The van der Waals surface area contributed by atoms with Crippen LogP contribution >= 0.6 is 0 Å². The number of rotatable bonds is 0. The molecule has 0 heterocycles. The second-order valence-electron chi connectivity index (χ2n) is 3.66. The van der Waals surface area contributed by atoms with Crippen molar-refractivity contribution in [2.45, 2.75) is 54.4 Å². The first-order chi connectivity index (χ1) is 8.86. The summed E-state index contributed by atoms with van der Waals surface area (Å²) < 4.78 is 0. The zero-order valence-corrected chi connectivity index (χ0v) is 12.9. The molecule has 0 aliphatic heterocycles. The third-order valence-corrected chi connectivity index (χ3v) is 2.88. The van der Waals surface area contributed by atoms with E-state index in [2.05, 4.69) is 50.3 Å². The van der Waals surface area contributed by atoms with Crippen LogP contribution in [0.25, 0.3) is 18.2 Å². The van der Waals surface area contributed by atoms with Crippen molar-refractivity contribution in [1.29, 1.82) is 0 Å². The molecule has 1 aromatic carbocycles. The highest BCUT2D eigenvalue weighted by Gasteiger charge is 2.04. The normalized spacial score (nSPS) is 14.1. The minimum atomic E-state index is 1.19. The minimum absolute atomic E-state index is 1.19. The van der Waals surface area contributed by atoms with Crippen LogP contribution in [-0.2, 0) is 6.42 Å². The molecular formula is C18H28. The Balaban J connectivity index is 0.000000659. The van der Waals surface area contributed by atoms with E-state index in [1.54, 1.807) is 0 Å². The lowest BCUT2D eigenvalue weighted by Crippen LogP contribution is -2.28. The van der Waals surface area contributed by atoms with Crippen LogP contribution in [0.1, 0.15) is 59.1 Å². The summed E-state index contributed by atoms with van der Waals surface area (Å²) in [5.41, 5.74) is 2.92. The first-order valence-corrected chi connectivity index (χ1v) is 7.28. The van der Waals surface area contributed by atoms with Gasteiger partial charge in [-0.3, -0.25) is 0 Å². The molecule has 18 heavy (non-hydrogen) atoms. The van der Waals surface area contributed by atoms with Crippen molar-refractivity contribution in [3.63, 3.8) is 0 Å². The molecule has 1 aliphatic carbocycles. The van der Waals surface area contributed by atoms with Gasteiger partial charge in [0, 0.05) is 0 Å². The van der Waals surface area contributed by atoms with Gasteiger partial charge in [-0.15, -0.1) is 0 Å². The number of aryl methyl sites for hydroxylation is 1. The first-order valence-electron chi connectivity index (χ1n) is 7.28. The zero-order valence-electron chi connectivity index (χ0n) is 12.9.